The summed E-state index contributed by atoms with van der Waals surface area (Å²) in [5, 5.41) is 5.67. The number of amides is 2. The highest BCUT2D eigenvalue weighted by Crippen LogP contribution is 2.27. The Morgan fingerprint density at radius 3 is 2.35 bits per heavy atom. The average molecular weight is 335 g/mol. The van der Waals surface area contributed by atoms with Crippen LogP contribution < -0.4 is 20.1 Å². The molecule has 0 aliphatic carbocycles. The van der Waals surface area contributed by atoms with Crippen LogP contribution in [0, 0.1) is 0 Å². The number of halogens is 1. The van der Waals surface area contributed by atoms with Crippen LogP contribution in [-0.4, -0.2) is 19.1 Å². The molecule has 2 N–H and O–H groups in total. The van der Waals surface area contributed by atoms with Gasteiger partial charge in [0.25, 0.3) is 0 Å². The molecule has 2 amide bonds. The van der Waals surface area contributed by atoms with Crippen molar-refractivity contribution in [1.82, 2.24) is 0 Å². The summed E-state index contributed by atoms with van der Waals surface area (Å²) in [5.41, 5.74) is 1.00. The minimum atomic E-state index is -0.453. The molecular formula is C16H15ClN2O4. The van der Waals surface area contributed by atoms with Crippen LogP contribution >= 0.6 is 11.6 Å². The van der Waals surface area contributed by atoms with Crippen molar-refractivity contribution in [2.24, 2.45) is 0 Å². The van der Waals surface area contributed by atoms with E-state index in [2.05, 4.69) is 10.6 Å². The number of hydrogen-bond acceptors (Lipinski definition) is 4. The van der Waals surface area contributed by atoms with Crippen molar-refractivity contribution in [3.63, 3.8) is 0 Å². The number of carbonyl (C=O) groups excluding carboxylic acids is 2. The monoisotopic (exact) mass is 334 g/mol. The van der Waals surface area contributed by atoms with Crippen LogP contribution in [0.15, 0.2) is 42.5 Å². The van der Waals surface area contributed by atoms with Crippen LogP contribution in [0.4, 0.5) is 16.2 Å². The molecule has 0 unspecified atom stereocenters. The van der Waals surface area contributed by atoms with E-state index in [1.807, 2.05) is 0 Å². The number of methoxy groups -OCH3 is 1. The van der Waals surface area contributed by atoms with Crippen molar-refractivity contribution in [1.29, 1.82) is 0 Å². The van der Waals surface area contributed by atoms with Crippen LogP contribution in [0.2, 0.25) is 5.02 Å². The summed E-state index contributed by atoms with van der Waals surface area (Å²) >= 11 is 6.00. The fourth-order valence-corrected chi connectivity index (χ4v) is 2.10. The molecule has 0 saturated carbocycles. The van der Waals surface area contributed by atoms with Crippen molar-refractivity contribution in [2.45, 2.75) is 6.92 Å². The number of hydrogen-bond donors (Lipinski definition) is 2. The topological polar surface area (TPSA) is 76.7 Å². The summed E-state index contributed by atoms with van der Waals surface area (Å²) in [4.78, 5) is 22.9. The number of rotatable bonds is 4. The van der Waals surface area contributed by atoms with E-state index in [9.17, 15) is 9.59 Å². The number of carbonyl (C=O) groups is 2. The molecule has 0 atom stereocenters. The summed E-state index contributed by atoms with van der Waals surface area (Å²) in [6.45, 7) is 1.31. The predicted octanol–water partition coefficient (Wildman–Crippen LogP) is 3.92. The smallest absolute Gasteiger partial charge is 0.323 e. The lowest BCUT2D eigenvalue weighted by atomic mass is 10.3. The Hall–Kier alpha value is -2.73. The number of esters is 1. The second kappa shape index (κ2) is 7.51. The molecule has 23 heavy (non-hydrogen) atoms. The molecule has 6 nitrogen and oxygen atoms in total. The molecule has 0 radical (unpaired) electrons. The number of anilines is 2. The van der Waals surface area contributed by atoms with E-state index in [1.54, 1.807) is 42.5 Å². The van der Waals surface area contributed by atoms with Crippen molar-refractivity contribution in [2.75, 3.05) is 17.7 Å². The van der Waals surface area contributed by atoms with Crippen LogP contribution in [0.3, 0.4) is 0 Å². The normalized spacial score (nSPS) is 9.87. The highest BCUT2D eigenvalue weighted by Gasteiger charge is 2.07. The van der Waals surface area contributed by atoms with Gasteiger partial charge in [-0.15, -0.1) is 0 Å². The van der Waals surface area contributed by atoms with Crippen molar-refractivity contribution >= 4 is 35.0 Å². The first-order valence-electron chi connectivity index (χ1n) is 6.68. The average Bonchev–Trinajstić information content (AvgIpc) is 2.47. The van der Waals surface area contributed by atoms with Gasteiger partial charge in [0, 0.05) is 24.4 Å². The third-order valence-electron chi connectivity index (χ3n) is 2.76. The van der Waals surface area contributed by atoms with Crippen LogP contribution in [0.25, 0.3) is 0 Å². The molecule has 0 bridgehead atoms. The van der Waals surface area contributed by atoms with E-state index in [-0.39, 0.29) is 0 Å². The molecule has 120 valence electrons. The lowest BCUT2D eigenvalue weighted by molar-refractivity contribution is -0.131. The molecule has 2 aromatic rings. The second-order valence-corrected chi connectivity index (χ2v) is 4.96. The van der Waals surface area contributed by atoms with Gasteiger partial charge >= 0.3 is 12.0 Å². The molecule has 0 spiro atoms. The number of benzene rings is 2. The lowest BCUT2D eigenvalue weighted by Crippen LogP contribution is -2.19. The van der Waals surface area contributed by atoms with Gasteiger partial charge in [-0.3, -0.25) is 4.79 Å². The van der Waals surface area contributed by atoms with Crippen LogP contribution in [-0.2, 0) is 4.79 Å². The van der Waals surface area contributed by atoms with Gasteiger partial charge in [0.1, 0.15) is 11.5 Å². The van der Waals surface area contributed by atoms with Gasteiger partial charge in [-0.25, -0.2) is 4.79 Å². The summed E-state index contributed by atoms with van der Waals surface area (Å²) in [5.74, 6) is 0.439. The first-order valence-corrected chi connectivity index (χ1v) is 7.06. The largest absolute Gasteiger partial charge is 0.495 e. The summed E-state index contributed by atoms with van der Waals surface area (Å²) in [7, 11) is 1.51. The van der Waals surface area contributed by atoms with Crippen molar-refractivity contribution < 1.29 is 19.1 Å². The van der Waals surface area contributed by atoms with Crippen molar-refractivity contribution in [3.05, 3.63) is 47.5 Å². The summed E-state index contributed by atoms with van der Waals surface area (Å²) < 4.78 is 10.00. The Labute approximate surface area is 138 Å². The van der Waals surface area contributed by atoms with E-state index in [0.29, 0.717) is 27.9 Å². The number of nitrogens with one attached hydrogen (secondary N) is 2. The Balaban J connectivity index is 2.02. The summed E-state index contributed by atoms with van der Waals surface area (Å²) in [6, 6.07) is 10.9. The third-order valence-corrected chi connectivity index (χ3v) is 3.06. The maximum atomic E-state index is 12.0. The van der Waals surface area contributed by atoms with E-state index in [0.717, 1.165) is 0 Å². The van der Waals surface area contributed by atoms with Gasteiger partial charge in [0.05, 0.1) is 12.1 Å². The second-order valence-electron chi connectivity index (χ2n) is 4.55. The van der Waals surface area contributed by atoms with Gasteiger partial charge in [-0.2, -0.15) is 0 Å². The van der Waals surface area contributed by atoms with Gasteiger partial charge in [-0.05, 0) is 30.3 Å². The van der Waals surface area contributed by atoms with E-state index < -0.39 is 12.0 Å². The fourth-order valence-electron chi connectivity index (χ4n) is 1.84. The zero-order valence-corrected chi connectivity index (χ0v) is 13.3. The van der Waals surface area contributed by atoms with Gasteiger partial charge in [-0.1, -0.05) is 17.7 Å². The molecule has 0 aromatic heterocycles. The maximum Gasteiger partial charge on any atom is 0.323 e. The molecule has 2 aromatic carbocycles. The molecule has 0 aliphatic heterocycles. The molecule has 0 fully saturated rings. The predicted molar refractivity (Wildman–Crippen MR) is 88.4 cm³/mol. The van der Waals surface area contributed by atoms with E-state index >= 15 is 0 Å². The van der Waals surface area contributed by atoms with E-state index in [4.69, 9.17) is 21.1 Å². The zero-order chi connectivity index (χ0) is 16.8. The first-order chi connectivity index (χ1) is 11.0. The quantitative estimate of drug-likeness (QED) is 0.656. The molecule has 0 heterocycles. The number of ether oxygens (including phenoxy) is 2. The Bertz CT molecular complexity index is 734. The number of urea groups is 1. The molecule has 0 aliphatic rings. The minimum absolute atomic E-state index is 0.350. The highest BCUT2D eigenvalue weighted by atomic mass is 35.5. The minimum Gasteiger partial charge on any atom is -0.495 e. The van der Waals surface area contributed by atoms with Crippen LogP contribution in [0.5, 0.6) is 11.5 Å². The first kappa shape index (κ1) is 16.6. The standard InChI is InChI=1S/C16H15ClN2O4/c1-10(20)23-13-5-3-4-11(8-13)18-16(21)19-12-6-7-15(22-2)14(17)9-12/h3-9H,1-2H3,(H2,18,19,21). The molecular weight excluding hydrogens is 320 g/mol. The third kappa shape index (κ3) is 4.89. The zero-order valence-electron chi connectivity index (χ0n) is 12.6. The van der Waals surface area contributed by atoms with Crippen LogP contribution in [0.1, 0.15) is 6.92 Å². The van der Waals surface area contributed by atoms with Gasteiger partial charge in [0.2, 0.25) is 0 Å². The highest BCUT2D eigenvalue weighted by molar-refractivity contribution is 6.32. The summed E-state index contributed by atoms with van der Waals surface area (Å²) in [6.07, 6.45) is 0. The van der Waals surface area contributed by atoms with E-state index in [1.165, 1.54) is 14.0 Å². The lowest BCUT2D eigenvalue weighted by Gasteiger charge is -2.10. The van der Waals surface area contributed by atoms with Crippen molar-refractivity contribution in [3.8, 4) is 11.5 Å². The Morgan fingerprint density at radius 1 is 1.04 bits per heavy atom. The van der Waals surface area contributed by atoms with Gasteiger partial charge in [0.15, 0.2) is 0 Å². The molecule has 0 saturated heterocycles. The SMILES string of the molecule is COc1ccc(NC(=O)Nc2cccc(OC(C)=O)c2)cc1Cl. The molecule has 2 rings (SSSR count). The fraction of sp³-hybridized carbons (Fsp3) is 0.125. The Morgan fingerprint density at radius 2 is 1.74 bits per heavy atom. The van der Waals surface area contributed by atoms with Gasteiger partial charge < -0.3 is 20.1 Å². The maximum absolute atomic E-state index is 12.0. The molecule has 7 heteroatoms. The Kier molecular flexibility index (Phi) is 5.43.